The predicted octanol–water partition coefficient (Wildman–Crippen LogP) is 0.444. The van der Waals surface area contributed by atoms with E-state index < -0.39 is 6.04 Å². The molecular formula is C17H17FN4O3. The van der Waals surface area contributed by atoms with Crippen LogP contribution in [0.4, 0.5) is 4.39 Å². The number of carbonyl (C=O) groups excluding carboxylic acids is 2. The summed E-state index contributed by atoms with van der Waals surface area (Å²) in [7, 11) is 0. The van der Waals surface area contributed by atoms with Crippen molar-refractivity contribution in [1.29, 1.82) is 0 Å². The number of amides is 2. The van der Waals surface area contributed by atoms with Crippen molar-refractivity contribution in [3.05, 3.63) is 52.8 Å². The highest BCUT2D eigenvalue weighted by molar-refractivity contribution is 5.90. The van der Waals surface area contributed by atoms with Crippen LogP contribution in [0.5, 0.6) is 0 Å². The van der Waals surface area contributed by atoms with Gasteiger partial charge in [-0.25, -0.2) is 9.37 Å². The summed E-state index contributed by atoms with van der Waals surface area (Å²) in [6.45, 7) is 0.518. The van der Waals surface area contributed by atoms with Crippen LogP contribution in [0.1, 0.15) is 12.8 Å². The molecule has 130 valence electrons. The molecule has 2 heterocycles. The Kier molecular flexibility index (Phi) is 4.87. The number of halogens is 1. The number of benzene rings is 1. The average molecular weight is 344 g/mol. The van der Waals surface area contributed by atoms with E-state index in [4.69, 9.17) is 0 Å². The number of nitrogens with zero attached hydrogens (tertiary/aromatic N) is 2. The van der Waals surface area contributed by atoms with Crippen LogP contribution in [-0.2, 0) is 16.1 Å². The van der Waals surface area contributed by atoms with Gasteiger partial charge in [0.25, 0.3) is 5.56 Å². The van der Waals surface area contributed by atoms with E-state index >= 15 is 0 Å². The van der Waals surface area contributed by atoms with Gasteiger partial charge in [0.2, 0.25) is 11.8 Å². The highest BCUT2D eigenvalue weighted by Gasteiger charge is 2.26. The third-order valence-electron chi connectivity index (χ3n) is 3.98. The second-order valence-corrected chi connectivity index (χ2v) is 5.76. The lowest BCUT2D eigenvalue weighted by molar-refractivity contribution is -0.125. The fourth-order valence-corrected chi connectivity index (χ4v) is 2.61. The summed E-state index contributed by atoms with van der Waals surface area (Å²) in [6, 6.07) is 6.59. The standard InChI is InChI=1S/C17H17FN4O3/c18-12-3-1-11(2-4-12)14-9-16(24)22(10-20-14)8-7-19-17(25)13-5-6-15(23)21-13/h1-4,9-10,13H,5-8H2,(H,19,25)(H,21,23). The zero-order chi connectivity index (χ0) is 17.8. The molecule has 0 spiro atoms. The van der Waals surface area contributed by atoms with Gasteiger partial charge in [-0.15, -0.1) is 0 Å². The Hall–Kier alpha value is -3.03. The summed E-state index contributed by atoms with van der Waals surface area (Å²) in [5.41, 5.74) is 0.840. The normalized spacial score (nSPS) is 16.5. The van der Waals surface area contributed by atoms with Crippen LogP contribution < -0.4 is 16.2 Å². The van der Waals surface area contributed by atoms with Crippen LogP contribution in [0.15, 0.2) is 41.5 Å². The molecule has 1 atom stereocenters. The summed E-state index contributed by atoms with van der Waals surface area (Å²) >= 11 is 0. The Morgan fingerprint density at radius 2 is 2.08 bits per heavy atom. The zero-order valence-electron chi connectivity index (χ0n) is 13.4. The molecule has 2 N–H and O–H groups in total. The van der Waals surface area contributed by atoms with Crippen LogP contribution in [0, 0.1) is 5.82 Å². The number of carbonyl (C=O) groups is 2. The van der Waals surface area contributed by atoms with E-state index in [0.717, 1.165) is 0 Å². The predicted molar refractivity (Wildman–Crippen MR) is 88.1 cm³/mol. The summed E-state index contributed by atoms with van der Waals surface area (Å²) < 4.78 is 14.3. The third kappa shape index (κ3) is 4.09. The lowest BCUT2D eigenvalue weighted by atomic mass is 10.1. The smallest absolute Gasteiger partial charge is 0.253 e. The van der Waals surface area contributed by atoms with Crippen molar-refractivity contribution in [2.45, 2.75) is 25.4 Å². The number of hydrogen-bond donors (Lipinski definition) is 2. The molecule has 1 aromatic heterocycles. The van der Waals surface area contributed by atoms with Gasteiger partial charge in [0.15, 0.2) is 0 Å². The largest absolute Gasteiger partial charge is 0.353 e. The van der Waals surface area contributed by atoms with E-state index in [1.165, 1.54) is 29.1 Å². The third-order valence-corrected chi connectivity index (χ3v) is 3.98. The van der Waals surface area contributed by atoms with Gasteiger partial charge in [-0.05, 0) is 30.7 Å². The lowest BCUT2D eigenvalue weighted by Crippen LogP contribution is -2.43. The number of aromatic nitrogens is 2. The van der Waals surface area contributed by atoms with Crippen molar-refractivity contribution in [2.75, 3.05) is 6.54 Å². The number of rotatable bonds is 5. The van der Waals surface area contributed by atoms with E-state index in [-0.39, 0.29) is 36.3 Å². The van der Waals surface area contributed by atoms with E-state index in [2.05, 4.69) is 15.6 Å². The monoisotopic (exact) mass is 344 g/mol. The molecule has 1 aliphatic heterocycles. The Bertz CT molecular complexity index is 848. The van der Waals surface area contributed by atoms with E-state index in [9.17, 15) is 18.8 Å². The molecule has 0 aliphatic carbocycles. The fourth-order valence-electron chi connectivity index (χ4n) is 2.61. The van der Waals surface area contributed by atoms with Crippen LogP contribution >= 0.6 is 0 Å². The fraction of sp³-hybridized carbons (Fsp3) is 0.294. The quantitative estimate of drug-likeness (QED) is 0.823. The molecule has 1 aliphatic rings. The topological polar surface area (TPSA) is 93.1 Å². The molecule has 1 unspecified atom stereocenters. The van der Waals surface area contributed by atoms with Gasteiger partial charge in [0, 0.05) is 31.1 Å². The zero-order valence-corrected chi connectivity index (χ0v) is 13.4. The minimum atomic E-state index is -0.497. The van der Waals surface area contributed by atoms with Crippen molar-refractivity contribution >= 4 is 11.8 Å². The van der Waals surface area contributed by atoms with E-state index in [0.29, 0.717) is 24.1 Å². The molecule has 1 aromatic carbocycles. The van der Waals surface area contributed by atoms with Crippen molar-refractivity contribution in [1.82, 2.24) is 20.2 Å². The molecular weight excluding hydrogens is 327 g/mol. The van der Waals surface area contributed by atoms with Crippen LogP contribution in [0.2, 0.25) is 0 Å². The van der Waals surface area contributed by atoms with Crippen molar-refractivity contribution < 1.29 is 14.0 Å². The molecule has 1 saturated heterocycles. The molecule has 0 saturated carbocycles. The summed E-state index contributed by atoms with van der Waals surface area (Å²) in [5.74, 6) is -0.738. The Balaban J connectivity index is 1.58. The Morgan fingerprint density at radius 3 is 2.72 bits per heavy atom. The van der Waals surface area contributed by atoms with Gasteiger partial charge >= 0.3 is 0 Å². The van der Waals surface area contributed by atoms with Gasteiger partial charge in [-0.3, -0.25) is 19.0 Å². The summed E-state index contributed by atoms with van der Waals surface area (Å²) in [5, 5.41) is 5.28. The Morgan fingerprint density at radius 1 is 1.32 bits per heavy atom. The van der Waals surface area contributed by atoms with Crippen LogP contribution in [0.3, 0.4) is 0 Å². The maximum atomic E-state index is 12.9. The van der Waals surface area contributed by atoms with Gasteiger partial charge in [0.1, 0.15) is 11.9 Å². The van der Waals surface area contributed by atoms with E-state index in [1.807, 2.05) is 0 Å². The first kappa shape index (κ1) is 16.8. The van der Waals surface area contributed by atoms with Gasteiger partial charge in [0.05, 0.1) is 12.0 Å². The van der Waals surface area contributed by atoms with Crippen LogP contribution in [0.25, 0.3) is 11.3 Å². The molecule has 0 bridgehead atoms. The highest BCUT2D eigenvalue weighted by atomic mass is 19.1. The number of hydrogen-bond acceptors (Lipinski definition) is 4. The molecule has 1 fully saturated rings. The molecule has 3 rings (SSSR count). The molecule has 7 nitrogen and oxygen atoms in total. The maximum Gasteiger partial charge on any atom is 0.253 e. The van der Waals surface area contributed by atoms with E-state index in [1.54, 1.807) is 12.1 Å². The number of nitrogens with one attached hydrogen (secondary N) is 2. The van der Waals surface area contributed by atoms with Gasteiger partial charge in [-0.1, -0.05) is 0 Å². The van der Waals surface area contributed by atoms with Gasteiger partial charge in [-0.2, -0.15) is 0 Å². The van der Waals surface area contributed by atoms with Gasteiger partial charge < -0.3 is 10.6 Å². The Labute approximate surface area is 142 Å². The SMILES string of the molecule is O=C1CCC(C(=O)NCCn2cnc(-c3ccc(F)cc3)cc2=O)N1. The first-order valence-electron chi connectivity index (χ1n) is 7.92. The minimum Gasteiger partial charge on any atom is -0.353 e. The van der Waals surface area contributed by atoms with Crippen molar-refractivity contribution in [3.63, 3.8) is 0 Å². The maximum absolute atomic E-state index is 12.9. The second-order valence-electron chi connectivity index (χ2n) is 5.76. The summed E-state index contributed by atoms with van der Waals surface area (Å²) in [4.78, 5) is 39.3. The first-order valence-corrected chi connectivity index (χ1v) is 7.92. The summed E-state index contributed by atoms with van der Waals surface area (Å²) in [6.07, 6.45) is 2.23. The highest BCUT2D eigenvalue weighted by Crippen LogP contribution is 2.14. The molecule has 25 heavy (non-hydrogen) atoms. The molecule has 0 radical (unpaired) electrons. The molecule has 8 heteroatoms. The molecule has 2 amide bonds. The van der Waals surface area contributed by atoms with Crippen LogP contribution in [-0.4, -0.2) is 34.0 Å². The minimum absolute atomic E-state index is 0.128. The first-order chi connectivity index (χ1) is 12.0. The second kappa shape index (κ2) is 7.25. The van der Waals surface area contributed by atoms with Crippen molar-refractivity contribution in [3.8, 4) is 11.3 Å². The lowest BCUT2D eigenvalue weighted by Gasteiger charge is -2.11. The average Bonchev–Trinajstić information content (AvgIpc) is 3.03. The van der Waals surface area contributed by atoms with Crippen molar-refractivity contribution in [2.24, 2.45) is 0 Å². The molecule has 2 aromatic rings.